The Bertz CT molecular complexity index is 477. The minimum atomic E-state index is -0.894. The minimum absolute atomic E-state index is 0.0107. The number of carboxylic acids is 1. The lowest BCUT2D eigenvalue weighted by Gasteiger charge is -2.17. The number of nitrogens with zero attached hydrogens (tertiary/aromatic N) is 1. The van der Waals surface area contributed by atoms with Gasteiger partial charge in [-0.05, 0) is 31.0 Å². The molecule has 2 amide bonds. The topological polar surface area (TPSA) is 69.6 Å². The molecule has 1 aromatic rings. The molecule has 0 aliphatic rings. The Kier molecular flexibility index (Phi) is 5.29. The first-order valence-corrected chi connectivity index (χ1v) is 5.90. The third-order valence-electron chi connectivity index (χ3n) is 2.65. The molecule has 104 valence electrons. The van der Waals surface area contributed by atoms with Gasteiger partial charge in [0.05, 0.1) is 0 Å². The molecule has 0 radical (unpaired) electrons. The molecule has 0 aliphatic heterocycles. The zero-order valence-electron chi connectivity index (χ0n) is 10.9. The molecule has 6 heteroatoms. The molecular weight excluding hydrogens is 251 g/mol. The molecule has 0 heterocycles. The van der Waals surface area contributed by atoms with Crippen LogP contribution in [0.1, 0.15) is 18.4 Å². The number of hydrogen-bond donors (Lipinski definition) is 2. The maximum absolute atomic E-state index is 13.3. The molecule has 0 unspecified atom stereocenters. The molecule has 0 fully saturated rings. The number of halogens is 1. The number of carbonyl (C=O) groups is 2. The first-order chi connectivity index (χ1) is 8.90. The van der Waals surface area contributed by atoms with E-state index in [1.165, 1.54) is 11.0 Å². The van der Waals surface area contributed by atoms with E-state index in [4.69, 9.17) is 5.11 Å². The molecule has 19 heavy (non-hydrogen) atoms. The highest BCUT2D eigenvalue weighted by Gasteiger charge is 2.10. The number of aryl methyl sites for hydroxylation is 1. The van der Waals surface area contributed by atoms with Gasteiger partial charge < -0.3 is 15.3 Å². The highest BCUT2D eigenvalue weighted by Crippen LogP contribution is 2.14. The Labute approximate surface area is 111 Å². The van der Waals surface area contributed by atoms with Crippen LogP contribution in [-0.2, 0) is 4.79 Å². The summed E-state index contributed by atoms with van der Waals surface area (Å²) < 4.78 is 13.3. The van der Waals surface area contributed by atoms with Gasteiger partial charge in [-0.15, -0.1) is 0 Å². The van der Waals surface area contributed by atoms with Crippen molar-refractivity contribution >= 4 is 17.7 Å². The number of anilines is 1. The maximum Gasteiger partial charge on any atom is 0.321 e. The fourth-order valence-corrected chi connectivity index (χ4v) is 1.46. The van der Waals surface area contributed by atoms with E-state index in [0.29, 0.717) is 24.2 Å². The van der Waals surface area contributed by atoms with Gasteiger partial charge in [0.2, 0.25) is 0 Å². The van der Waals surface area contributed by atoms with E-state index in [2.05, 4.69) is 5.32 Å². The molecule has 2 N–H and O–H groups in total. The van der Waals surface area contributed by atoms with Crippen molar-refractivity contribution in [3.05, 3.63) is 29.6 Å². The zero-order valence-corrected chi connectivity index (χ0v) is 10.9. The first kappa shape index (κ1) is 14.9. The van der Waals surface area contributed by atoms with Crippen LogP contribution < -0.4 is 5.32 Å². The van der Waals surface area contributed by atoms with Crippen molar-refractivity contribution in [3.63, 3.8) is 0 Å². The highest BCUT2D eigenvalue weighted by molar-refractivity contribution is 5.89. The van der Waals surface area contributed by atoms with Gasteiger partial charge in [-0.25, -0.2) is 9.18 Å². The molecule has 0 saturated carbocycles. The predicted octanol–water partition coefficient (Wildman–Crippen LogP) is 2.46. The van der Waals surface area contributed by atoms with Gasteiger partial charge in [0.15, 0.2) is 0 Å². The summed E-state index contributed by atoms with van der Waals surface area (Å²) in [4.78, 5) is 23.4. The fourth-order valence-electron chi connectivity index (χ4n) is 1.46. The Morgan fingerprint density at radius 2 is 2.11 bits per heavy atom. The average Bonchev–Trinajstić information content (AvgIpc) is 2.33. The number of amides is 2. The van der Waals surface area contributed by atoms with Crippen LogP contribution in [0.2, 0.25) is 0 Å². The van der Waals surface area contributed by atoms with Crippen molar-refractivity contribution in [1.82, 2.24) is 4.90 Å². The van der Waals surface area contributed by atoms with E-state index in [9.17, 15) is 14.0 Å². The summed E-state index contributed by atoms with van der Waals surface area (Å²) >= 11 is 0. The Balaban J connectivity index is 2.49. The number of carbonyl (C=O) groups excluding carboxylic acids is 1. The summed E-state index contributed by atoms with van der Waals surface area (Å²) in [6.45, 7) is 1.96. The zero-order chi connectivity index (χ0) is 14.4. The highest BCUT2D eigenvalue weighted by atomic mass is 19.1. The summed E-state index contributed by atoms with van der Waals surface area (Å²) in [5.74, 6) is -1.28. The van der Waals surface area contributed by atoms with E-state index in [0.717, 1.165) is 0 Å². The number of benzene rings is 1. The predicted molar refractivity (Wildman–Crippen MR) is 69.7 cm³/mol. The van der Waals surface area contributed by atoms with Crippen LogP contribution in [-0.4, -0.2) is 35.6 Å². The SMILES string of the molecule is Cc1ccc(NC(=O)N(C)CCCC(=O)O)cc1F. The van der Waals surface area contributed by atoms with Crippen molar-refractivity contribution in [2.45, 2.75) is 19.8 Å². The summed E-state index contributed by atoms with van der Waals surface area (Å²) in [7, 11) is 1.56. The number of urea groups is 1. The molecule has 0 aromatic heterocycles. The van der Waals surface area contributed by atoms with E-state index in [-0.39, 0.29) is 12.2 Å². The summed E-state index contributed by atoms with van der Waals surface area (Å²) in [5.41, 5.74) is 0.881. The van der Waals surface area contributed by atoms with Gasteiger partial charge in [0, 0.05) is 25.7 Å². The maximum atomic E-state index is 13.3. The van der Waals surface area contributed by atoms with Crippen molar-refractivity contribution in [1.29, 1.82) is 0 Å². The van der Waals surface area contributed by atoms with Gasteiger partial charge in [-0.1, -0.05) is 6.07 Å². The van der Waals surface area contributed by atoms with Crippen LogP contribution in [0.25, 0.3) is 0 Å². The number of carboxylic acid groups (broad SMARTS) is 1. The number of rotatable bonds is 5. The summed E-state index contributed by atoms with van der Waals surface area (Å²) in [5, 5.41) is 11.0. The molecule has 0 aliphatic carbocycles. The monoisotopic (exact) mass is 268 g/mol. The second kappa shape index (κ2) is 6.72. The summed E-state index contributed by atoms with van der Waals surface area (Å²) in [6, 6.07) is 4.04. The van der Waals surface area contributed by atoms with E-state index >= 15 is 0 Å². The first-order valence-electron chi connectivity index (χ1n) is 5.90. The van der Waals surface area contributed by atoms with E-state index < -0.39 is 12.0 Å². The smallest absolute Gasteiger partial charge is 0.321 e. The standard InChI is InChI=1S/C13H17FN2O3/c1-9-5-6-10(8-11(9)14)15-13(19)16(2)7-3-4-12(17)18/h5-6,8H,3-4,7H2,1-2H3,(H,15,19)(H,17,18). The van der Waals surface area contributed by atoms with Crippen LogP contribution in [0.5, 0.6) is 0 Å². The number of aliphatic carboxylic acids is 1. The largest absolute Gasteiger partial charge is 0.481 e. The molecule has 0 atom stereocenters. The molecular formula is C13H17FN2O3. The Morgan fingerprint density at radius 3 is 2.68 bits per heavy atom. The molecule has 1 aromatic carbocycles. The quantitative estimate of drug-likeness (QED) is 0.861. The van der Waals surface area contributed by atoms with E-state index in [1.54, 1.807) is 26.1 Å². The van der Waals surface area contributed by atoms with E-state index in [1.807, 2.05) is 0 Å². The third kappa shape index (κ3) is 4.95. The lowest BCUT2D eigenvalue weighted by atomic mass is 10.2. The lowest BCUT2D eigenvalue weighted by Crippen LogP contribution is -2.32. The van der Waals surface area contributed by atoms with Gasteiger partial charge in [-0.3, -0.25) is 4.79 Å². The van der Waals surface area contributed by atoms with Crippen LogP contribution in [0, 0.1) is 12.7 Å². The number of hydrogen-bond acceptors (Lipinski definition) is 2. The Hall–Kier alpha value is -2.11. The minimum Gasteiger partial charge on any atom is -0.481 e. The molecule has 5 nitrogen and oxygen atoms in total. The second-order valence-electron chi connectivity index (χ2n) is 4.31. The van der Waals surface area contributed by atoms with Gasteiger partial charge in [0.1, 0.15) is 5.82 Å². The van der Waals surface area contributed by atoms with Gasteiger partial charge in [0.25, 0.3) is 0 Å². The van der Waals surface area contributed by atoms with Gasteiger partial charge in [-0.2, -0.15) is 0 Å². The molecule has 0 spiro atoms. The van der Waals surface area contributed by atoms with Crippen LogP contribution in [0.4, 0.5) is 14.9 Å². The van der Waals surface area contributed by atoms with Crippen LogP contribution in [0.15, 0.2) is 18.2 Å². The molecule has 1 rings (SSSR count). The van der Waals surface area contributed by atoms with Crippen molar-refractivity contribution in [2.24, 2.45) is 0 Å². The van der Waals surface area contributed by atoms with Crippen molar-refractivity contribution in [3.8, 4) is 0 Å². The fraction of sp³-hybridized carbons (Fsp3) is 0.385. The van der Waals surface area contributed by atoms with Gasteiger partial charge >= 0.3 is 12.0 Å². The molecule has 0 bridgehead atoms. The van der Waals surface area contributed by atoms with Crippen LogP contribution >= 0.6 is 0 Å². The Morgan fingerprint density at radius 1 is 1.42 bits per heavy atom. The number of nitrogens with one attached hydrogen (secondary N) is 1. The van der Waals surface area contributed by atoms with Crippen LogP contribution in [0.3, 0.4) is 0 Å². The van der Waals surface area contributed by atoms with Crippen molar-refractivity contribution < 1.29 is 19.1 Å². The summed E-state index contributed by atoms with van der Waals surface area (Å²) in [6.07, 6.45) is 0.387. The molecule has 0 saturated heterocycles. The average molecular weight is 268 g/mol. The lowest BCUT2D eigenvalue weighted by molar-refractivity contribution is -0.137. The normalized spacial score (nSPS) is 10.1. The van der Waals surface area contributed by atoms with Crippen molar-refractivity contribution in [2.75, 3.05) is 18.9 Å². The third-order valence-corrected chi connectivity index (χ3v) is 2.65. The second-order valence-corrected chi connectivity index (χ2v) is 4.31.